The van der Waals surface area contributed by atoms with E-state index in [-0.39, 0.29) is 5.82 Å². The largest absolute Gasteiger partial charge is 0.315 e. The molecule has 0 aliphatic carbocycles. The van der Waals surface area contributed by atoms with Crippen LogP contribution in [0.3, 0.4) is 0 Å². The fourth-order valence-electron chi connectivity index (χ4n) is 3.79. The van der Waals surface area contributed by atoms with Gasteiger partial charge in [-0.3, -0.25) is 9.80 Å². The van der Waals surface area contributed by atoms with Gasteiger partial charge in [0.25, 0.3) is 0 Å². The molecule has 4 rings (SSSR count). The molecule has 2 aliphatic heterocycles. The summed E-state index contributed by atoms with van der Waals surface area (Å²) in [5, 5.41) is 7.74. The highest BCUT2D eigenvalue weighted by Gasteiger charge is 2.26. The van der Waals surface area contributed by atoms with E-state index in [0.717, 1.165) is 57.1 Å². The molecule has 0 saturated carbocycles. The monoisotopic (exact) mass is 329 g/mol. The maximum Gasteiger partial charge on any atom is 0.123 e. The Kier molecular flexibility index (Phi) is 4.60. The Morgan fingerprint density at radius 2 is 2.08 bits per heavy atom. The number of nitrogens with zero attached hydrogens (tertiary/aromatic N) is 4. The molecule has 0 radical (unpaired) electrons. The molecule has 128 valence electrons. The number of piperazine rings is 1. The van der Waals surface area contributed by atoms with E-state index in [4.69, 9.17) is 0 Å². The van der Waals surface area contributed by atoms with Crippen molar-refractivity contribution in [3.63, 3.8) is 0 Å². The number of nitrogens with one attached hydrogen (secondary N) is 1. The maximum absolute atomic E-state index is 13.7. The minimum atomic E-state index is -0.184. The summed E-state index contributed by atoms with van der Waals surface area (Å²) in [4.78, 5) is 5.01. The lowest BCUT2D eigenvalue weighted by Gasteiger charge is -2.38. The van der Waals surface area contributed by atoms with E-state index < -0.39 is 0 Å². The second-order valence-corrected chi connectivity index (χ2v) is 6.68. The van der Waals surface area contributed by atoms with Crippen molar-refractivity contribution in [2.24, 2.45) is 0 Å². The fraction of sp³-hybridized carbons (Fsp3) is 0.500. The topological polar surface area (TPSA) is 36.3 Å². The van der Waals surface area contributed by atoms with Crippen molar-refractivity contribution in [1.82, 2.24) is 24.9 Å². The van der Waals surface area contributed by atoms with Crippen LogP contribution in [-0.2, 0) is 6.54 Å². The van der Waals surface area contributed by atoms with Crippen LogP contribution < -0.4 is 5.32 Å². The number of hydrogen-bond donors (Lipinski definition) is 1. The summed E-state index contributed by atoms with van der Waals surface area (Å²) in [6.07, 6.45) is 4.91. The molecule has 1 aromatic heterocycles. The van der Waals surface area contributed by atoms with E-state index in [9.17, 15) is 4.39 Å². The molecule has 1 atom stereocenters. The minimum absolute atomic E-state index is 0.184. The van der Waals surface area contributed by atoms with Crippen LogP contribution in [0, 0.1) is 5.82 Å². The summed E-state index contributed by atoms with van der Waals surface area (Å²) in [6, 6.07) is 7.55. The molecule has 3 heterocycles. The van der Waals surface area contributed by atoms with Gasteiger partial charge >= 0.3 is 0 Å². The zero-order chi connectivity index (χ0) is 16.4. The first kappa shape index (κ1) is 15.7. The summed E-state index contributed by atoms with van der Waals surface area (Å²) < 4.78 is 15.6. The van der Waals surface area contributed by atoms with Crippen LogP contribution in [0.25, 0.3) is 5.69 Å². The van der Waals surface area contributed by atoms with Gasteiger partial charge in [-0.05, 0) is 42.8 Å². The van der Waals surface area contributed by atoms with Gasteiger partial charge in [-0.2, -0.15) is 5.10 Å². The summed E-state index contributed by atoms with van der Waals surface area (Å²) in [5.41, 5.74) is 1.96. The Bertz CT molecular complexity index is 658. The first-order valence-corrected chi connectivity index (χ1v) is 8.75. The van der Waals surface area contributed by atoms with Gasteiger partial charge in [0, 0.05) is 57.7 Å². The second-order valence-electron chi connectivity index (χ2n) is 6.68. The normalized spacial score (nSPS) is 23.0. The highest BCUT2D eigenvalue weighted by atomic mass is 19.1. The molecule has 0 bridgehead atoms. The van der Waals surface area contributed by atoms with E-state index in [1.54, 1.807) is 12.3 Å². The van der Waals surface area contributed by atoms with E-state index in [1.165, 1.54) is 12.5 Å². The number of hydrogen-bond acceptors (Lipinski definition) is 4. The number of rotatable bonds is 4. The van der Waals surface area contributed by atoms with Gasteiger partial charge in [-0.15, -0.1) is 0 Å². The smallest absolute Gasteiger partial charge is 0.123 e. The Morgan fingerprint density at radius 1 is 1.21 bits per heavy atom. The molecule has 0 spiro atoms. The van der Waals surface area contributed by atoms with Crippen LogP contribution in [0.15, 0.2) is 36.7 Å². The van der Waals surface area contributed by atoms with Crippen LogP contribution >= 0.6 is 0 Å². The van der Waals surface area contributed by atoms with Crippen LogP contribution in [0.4, 0.5) is 4.39 Å². The fourth-order valence-corrected chi connectivity index (χ4v) is 3.79. The molecule has 2 fully saturated rings. The summed E-state index contributed by atoms with van der Waals surface area (Å²) in [7, 11) is 0. The average Bonchev–Trinajstić information content (AvgIpc) is 3.30. The zero-order valence-electron chi connectivity index (χ0n) is 13.9. The van der Waals surface area contributed by atoms with Crippen molar-refractivity contribution in [2.45, 2.75) is 19.0 Å². The van der Waals surface area contributed by atoms with Crippen molar-refractivity contribution in [1.29, 1.82) is 0 Å². The van der Waals surface area contributed by atoms with Crippen LogP contribution in [0.5, 0.6) is 0 Å². The SMILES string of the molecule is Fc1ccc(-n2cccn2)c(CN2CCN([C@@H]3CCNC3)CC2)c1. The third-order valence-corrected chi connectivity index (χ3v) is 5.14. The lowest BCUT2D eigenvalue weighted by molar-refractivity contribution is 0.0980. The summed E-state index contributed by atoms with van der Waals surface area (Å²) in [6.45, 7) is 7.28. The van der Waals surface area contributed by atoms with Gasteiger partial charge < -0.3 is 5.32 Å². The summed E-state index contributed by atoms with van der Waals surface area (Å²) in [5.74, 6) is -0.184. The Morgan fingerprint density at radius 3 is 2.79 bits per heavy atom. The Balaban J connectivity index is 1.43. The van der Waals surface area contributed by atoms with Crippen molar-refractivity contribution in [3.05, 3.63) is 48.0 Å². The van der Waals surface area contributed by atoms with Crippen molar-refractivity contribution in [2.75, 3.05) is 39.3 Å². The van der Waals surface area contributed by atoms with Crippen molar-refractivity contribution < 1.29 is 4.39 Å². The van der Waals surface area contributed by atoms with Crippen LogP contribution in [-0.4, -0.2) is 64.9 Å². The lowest BCUT2D eigenvalue weighted by atomic mass is 10.1. The third-order valence-electron chi connectivity index (χ3n) is 5.14. The molecule has 1 aromatic carbocycles. The van der Waals surface area contributed by atoms with Crippen molar-refractivity contribution >= 4 is 0 Å². The standard InChI is InChI=1S/C18H24FN5/c19-16-2-3-18(24-7-1-5-21-24)15(12-16)14-22-8-10-23(11-9-22)17-4-6-20-13-17/h1-3,5,7,12,17,20H,4,6,8-11,13-14H2/t17-/m1/s1. The van der Waals surface area contributed by atoms with Crippen LogP contribution in [0.2, 0.25) is 0 Å². The number of benzene rings is 1. The van der Waals surface area contributed by atoms with Crippen LogP contribution in [0.1, 0.15) is 12.0 Å². The minimum Gasteiger partial charge on any atom is -0.315 e. The van der Waals surface area contributed by atoms with Gasteiger partial charge in [0.05, 0.1) is 5.69 Å². The zero-order valence-corrected chi connectivity index (χ0v) is 13.9. The molecular formula is C18H24FN5. The molecule has 6 heteroatoms. The van der Waals surface area contributed by atoms with E-state index >= 15 is 0 Å². The average molecular weight is 329 g/mol. The molecule has 0 amide bonds. The summed E-state index contributed by atoms with van der Waals surface area (Å²) >= 11 is 0. The van der Waals surface area contributed by atoms with E-state index in [1.807, 2.05) is 23.0 Å². The number of halogens is 1. The Hall–Kier alpha value is -1.76. The second kappa shape index (κ2) is 7.01. The maximum atomic E-state index is 13.7. The van der Waals surface area contributed by atoms with E-state index in [0.29, 0.717) is 6.04 Å². The van der Waals surface area contributed by atoms with Gasteiger partial charge in [-0.25, -0.2) is 9.07 Å². The third kappa shape index (κ3) is 3.36. The molecule has 2 saturated heterocycles. The molecular weight excluding hydrogens is 305 g/mol. The molecule has 2 aliphatic rings. The molecule has 24 heavy (non-hydrogen) atoms. The first-order valence-electron chi connectivity index (χ1n) is 8.75. The highest BCUT2D eigenvalue weighted by molar-refractivity contribution is 5.40. The predicted molar refractivity (Wildman–Crippen MR) is 91.6 cm³/mol. The Labute approximate surface area is 142 Å². The lowest BCUT2D eigenvalue weighted by Crippen LogP contribution is -2.50. The molecule has 0 unspecified atom stereocenters. The first-order chi connectivity index (χ1) is 11.8. The quantitative estimate of drug-likeness (QED) is 0.922. The molecule has 2 aromatic rings. The number of aromatic nitrogens is 2. The predicted octanol–water partition coefficient (Wildman–Crippen LogP) is 1.49. The van der Waals surface area contributed by atoms with Gasteiger partial charge in [0.1, 0.15) is 5.82 Å². The highest BCUT2D eigenvalue weighted by Crippen LogP contribution is 2.19. The van der Waals surface area contributed by atoms with Crippen molar-refractivity contribution in [3.8, 4) is 5.69 Å². The van der Waals surface area contributed by atoms with Gasteiger partial charge in [0.2, 0.25) is 0 Å². The van der Waals surface area contributed by atoms with Gasteiger partial charge in [-0.1, -0.05) is 0 Å². The molecule has 5 nitrogen and oxygen atoms in total. The van der Waals surface area contributed by atoms with Gasteiger partial charge in [0.15, 0.2) is 0 Å². The molecule has 1 N–H and O–H groups in total. The van der Waals surface area contributed by atoms with E-state index in [2.05, 4.69) is 20.2 Å².